The minimum Gasteiger partial charge on any atom is -0.294 e. The molecule has 0 saturated carbocycles. The lowest BCUT2D eigenvalue weighted by Crippen LogP contribution is -2.10. The van der Waals surface area contributed by atoms with E-state index in [0.717, 1.165) is 5.56 Å². The van der Waals surface area contributed by atoms with Gasteiger partial charge < -0.3 is 0 Å². The third-order valence-electron chi connectivity index (χ3n) is 2.87. The molecule has 0 saturated heterocycles. The fourth-order valence-electron chi connectivity index (χ4n) is 1.79. The van der Waals surface area contributed by atoms with Crippen molar-refractivity contribution in [1.82, 2.24) is 0 Å². The lowest BCUT2D eigenvalue weighted by Gasteiger charge is -2.01. The molecule has 0 aromatic heterocycles. The third kappa shape index (κ3) is 4.02. The van der Waals surface area contributed by atoms with Gasteiger partial charge in [0, 0.05) is 17.2 Å². The van der Waals surface area contributed by atoms with E-state index < -0.39 is 0 Å². The summed E-state index contributed by atoms with van der Waals surface area (Å²) in [5, 5.41) is 0. The fraction of sp³-hybridized carbons (Fsp3) is 0.0526. The molecule has 0 fully saturated rings. The maximum atomic E-state index is 12.3. The SMILES string of the molecule is CC(=O)C(=CC#Cc1ccccc1)C(=O)c1ccccc1. The van der Waals surface area contributed by atoms with Gasteiger partial charge in [-0.15, -0.1) is 0 Å². The summed E-state index contributed by atoms with van der Waals surface area (Å²) in [6, 6.07) is 18.1. The second-order valence-corrected chi connectivity index (χ2v) is 4.44. The second-order valence-electron chi connectivity index (χ2n) is 4.44. The molecule has 0 spiro atoms. The van der Waals surface area contributed by atoms with Gasteiger partial charge in [0.25, 0.3) is 0 Å². The van der Waals surface area contributed by atoms with Crippen molar-refractivity contribution in [3.63, 3.8) is 0 Å². The van der Waals surface area contributed by atoms with Crippen molar-refractivity contribution >= 4 is 11.6 Å². The highest BCUT2D eigenvalue weighted by Crippen LogP contribution is 2.09. The monoisotopic (exact) mass is 274 g/mol. The number of hydrogen-bond donors (Lipinski definition) is 0. The third-order valence-corrected chi connectivity index (χ3v) is 2.87. The summed E-state index contributed by atoms with van der Waals surface area (Å²) >= 11 is 0. The average molecular weight is 274 g/mol. The summed E-state index contributed by atoms with van der Waals surface area (Å²) < 4.78 is 0. The lowest BCUT2D eigenvalue weighted by atomic mass is 10.0. The standard InChI is InChI=1S/C19H14O2/c1-15(20)18(19(21)17-12-6-3-7-13-17)14-8-11-16-9-4-2-5-10-16/h2-7,9-10,12-14H,1H3. The van der Waals surface area contributed by atoms with Crippen molar-refractivity contribution in [2.75, 3.05) is 0 Å². The van der Waals surface area contributed by atoms with Crippen LogP contribution in [-0.4, -0.2) is 11.6 Å². The molecule has 21 heavy (non-hydrogen) atoms. The van der Waals surface area contributed by atoms with Crippen LogP contribution in [-0.2, 0) is 4.79 Å². The van der Waals surface area contributed by atoms with E-state index in [1.54, 1.807) is 24.3 Å². The van der Waals surface area contributed by atoms with Gasteiger partial charge in [-0.25, -0.2) is 0 Å². The zero-order chi connectivity index (χ0) is 15.1. The number of Topliss-reactive ketones (excluding diaryl/α,β-unsaturated/α-hetero) is 2. The maximum absolute atomic E-state index is 12.3. The van der Waals surface area contributed by atoms with Crippen LogP contribution in [0.3, 0.4) is 0 Å². The molecule has 0 unspecified atom stereocenters. The molecule has 0 bridgehead atoms. The van der Waals surface area contributed by atoms with Crippen molar-refractivity contribution in [3.8, 4) is 11.8 Å². The van der Waals surface area contributed by atoms with E-state index in [0.29, 0.717) is 5.56 Å². The molecular formula is C19H14O2. The van der Waals surface area contributed by atoms with E-state index >= 15 is 0 Å². The van der Waals surface area contributed by atoms with Crippen molar-refractivity contribution in [2.45, 2.75) is 6.92 Å². The number of rotatable bonds is 3. The van der Waals surface area contributed by atoms with E-state index in [4.69, 9.17) is 0 Å². The minimum absolute atomic E-state index is 0.102. The number of allylic oxidation sites excluding steroid dienone is 2. The quantitative estimate of drug-likeness (QED) is 0.282. The van der Waals surface area contributed by atoms with E-state index in [1.165, 1.54) is 13.0 Å². The summed E-state index contributed by atoms with van der Waals surface area (Å²) in [7, 11) is 0. The molecule has 0 atom stereocenters. The van der Waals surface area contributed by atoms with Gasteiger partial charge in [-0.2, -0.15) is 0 Å². The van der Waals surface area contributed by atoms with Gasteiger partial charge in [-0.1, -0.05) is 60.4 Å². The highest BCUT2D eigenvalue weighted by Gasteiger charge is 2.15. The van der Waals surface area contributed by atoms with E-state index in [-0.39, 0.29) is 17.1 Å². The molecule has 0 aliphatic carbocycles. The number of ketones is 2. The summed E-state index contributed by atoms with van der Waals surface area (Å²) in [6.07, 6.45) is 1.39. The Balaban J connectivity index is 2.28. The summed E-state index contributed by atoms with van der Waals surface area (Å²) in [5.41, 5.74) is 1.42. The molecular weight excluding hydrogens is 260 g/mol. The summed E-state index contributed by atoms with van der Waals surface area (Å²) in [4.78, 5) is 23.9. The minimum atomic E-state index is -0.300. The van der Waals surface area contributed by atoms with Crippen LogP contribution in [0.15, 0.2) is 72.3 Å². The van der Waals surface area contributed by atoms with Crippen LogP contribution >= 0.6 is 0 Å². The van der Waals surface area contributed by atoms with Crippen molar-refractivity contribution in [3.05, 3.63) is 83.4 Å². The van der Waals surface area contributed by atoms with Crippen molar-refractivity contribution < 1.29 is 9.59 Å². The molecule has 2 aromatic rings. The first-order chi connectivity index (χ1) is 10.2. The van der Waals surface area contributed by atoms with Crippen molar-refractivity contribution in [2.24, 2.45) is 0 Å². The first-order valence-electron chi connectivity index (χ1n) is 6.56. The Morgan fingerprint density at radius 1 is 0.905 bits per heavy atom. The van der Waals surface area contributed by atoms with Crippen LogP contribution in [0.25, 0.3) is 0 Å². The normalized spacial score (nSPS) is 10.4. The zero-order valence-electron chi connectivity index (χ0n) is 11.7. The Morgan fingerprint density at radius 2 is 1.48 bits per heavy atom. The van der Waals surface area contributed by atoms with Gasteiger partial charge in [0.15, 0.2) is 11.6 Å². The first-order valence-corrected chi connectivity index (χ1v) is 6.56. The molecule has 0 amide bonds. The van der Waals surface area contributed by atoms with Crippen LogP contribution in [0.1, 0.15) is 22.8 Å². The Hall–Kier alpha value is -2.92. The fourth-order valence-corrected chi connectivity index (χ4v) is 1.79. The zero-order valence-corrected chi connectivity index (χ0v) is 11.7. The largest absolute Gasteiger partial charge is 0.294 e. The topological polar surface area (TPSA) is 34.1 Å². The molecule has 2 aromatic carbocycles. The molecule has 2 nitrogen and oxygen atoms in total. The molecule has 0 N–H and O–H groups in total. The maximum Gasteiger partial charge on any atom is 0.197 e. The van der Waals surface area contributed by atoms with Crippen molar-refractivity contribution in [1.29, 1.82) is 0 Å². The molecule has 0 radical (unpaired) electrons. The van der Waals surface area contributed by atoms with Crippen LogP contribution in [0.5, 0.6) is 0 Å². The smallest absolute Gasteiger partial charge is 0.197 e. The Kier molecular flexibility index (Phi) is 4.84. The predicted octanol–water partition coefficient (Wildman–Crippen LogP) is 3.44. The first kappa shape index (κ1) is 14.5. The number of carbonyl (C=O) groups is 2. The molecule has 0 heterocycles. The van der Waals surface area contributed by atoms with Gasteiger partial charge in [-0.3, -0.25) is 9.59 Å². The molecule has 0 aliphatic rings. The van der Waals surface area contributed by atoms with Crippen LogP contribution in [0.2, 0.25) is 0 Å². The van der Waals surface area contributed by atoms with Gasteiger partial charge in [0.2, 0.25) is 0 Å². The second kappa shape index (κ2) is 7.02. The van der Waals surface area contributed by atoms with Crippen LogP contribution in [0, 0.1) is 11.8 Å². The van der Waals surface area contributed by atoms with Gasteiger partial charge in [-0.05, 0) is 19.1 Å². The molecule has 102 valence electrons. The average Bonchev–Trinajstić information content (AvgIpc) is 2.52. The van der Waals surface area contributed by atoms with E-state index in [2.05, 4.69) is 11.8 Å². The molecule has 0 aliphatic heterocycles. The number of benzene rings is 2. The molecule has 2 rings (SSSR count). The van der Waals surface area contributed by atoms with Crippen LogP contribution < -0.4 is 0 Å². The predicted molar refractivity (Wildman–Crippen MR) is 82.9 cm³/mol. The summed E-state index contributed by atoms with van der Waals surface area (Å²) in [5.74, 6) is 5.10. The van der Waals surface area contributed by atoms with E-state index in [9.17, 15) is 9.59 Å². The van der Waals surface area contributed by atoms with Gasteiger partial charge >= 0.3 is 0 Å². The number of hydrogen-bond acceptors (Lipinski definition) is 2. The highest BCUT2D eigenvalue weighted by atomic mass is 16.1. The van der Waals surface area contributed by atoms with Gasteiger partial charge in [0.05, 0.1) is 5.57 Å². The van der Waals surface area contributed by atoms with Crippen LogP contribution in [0.4, 0.5) is 0 Å². The Bertz CT molecular complexity index is 729. The highest BCUT2D eigenvalue weighted by molar-refractivity contribution is 6.25. The number of carbonyl (C=O) groups excluding carboxylic acids is 2. The Labute approximate surface area is 124 Å². The Morgan fingerprint density at radius 3 is 2.05 bits per heavy atom. The summed E-state index contributed by atoms with van der Waals surface area (Å²) in [6.45, 7) is 1.37. The van der Waals surface area contributed by atoms with Gasteiger partial charge in [0.1, 0.15) is 0 Å². The lowest BCUT2D eigenvalue weighted by molar-refractivity contribution is -0.113. The molecule has 2 heteroatoms. The van der Waals surface area contributed by atoms with E-state index in [1.807, 2.05) is 36.4 Å².